The van der Waals surface area contributed by atoms with Gasteiger partial charge in [0.25, 0.3) is 0 Å². The number of hydrogen-bond donors (Lipinski definition) is 2. The Bertz CT molecular complexity index is 912. The molecule has 2 atom stereocenters. The Morgan fingerprint density at radius 2 is 1.00 bits per heavy atom. The highest BCUT2D eigenvalue weighted by atomic mass is 31.2. The predicted octanol–water partition coefficient (Wildman–Crippen LogP) is 12.0. The molecule has 0 aromatic heterocycles. The highest BCUT2D eigenvalue weighted by Crippen LogP contribution is 2.43. The third-order valence-electron chi connectivity index (χ3n) is 9.09. The smallest absolute Gasteiger partial charge is 0.462 e. The largest absolute Gasteiger partial charge is 0.472 e. The zero-order chi connectivity index (χ0) is 38.2. The molecule has 0 rings (SSSR count). The first-order valence-electron chi connectivity index (χ1n) is 21.3. The first kappa shape index (κ1) is 50.5. The highest BCUT2D eigenvalue weighted by Gasteiger charge is 2.26. The maximum atomic E-state index is 12.6. The average molecular weight is 758 g/mol. The zero-order valence-electron chi connectivity index (χ0n) is 33.6. The highest BCUT2D eigenvalue weighted by molar-refractivity contribution is 7.47. The topological polar surface area (TPSA) is 134 Å². The molecule has 0 aromatic carbocycles. The van der Waals surface area contributed by atoms with Gasteiger partial charge in [0.1, 0.15) is 6.61 Å². The SMILES string of the molecule is CCCCC/C=C/C/C=C/CCCCCCCCCC(=O)OC[C@H](COP(=O)(O)OCCN)OC(=O)CCCCCCCCCCCCCCCC. The third-order valence-corrected chi connectivity index (χ3v) is 10.1. The van der Waals surface area contributed by atoms with Crippen LogP contribution in [0.2, 0.25) is 0 Å². The lowest BCUT2D eigenvalue weighted by atomic mass is 10.0. The fourth-order valence-corrected chi connectivity index (χ4v) is 6.67. The summed E-state index contributed by atoms with van der Waals surface area (Å²) in [6, 6.07) is 0. The molecule has 3 N–H and O–H groups in total. The van der Waals surface area contributed by atoms with E-state index in [1.807, 2.05) is 0 Å². The van der Waals surface area contributed by atoms with E-state index >= 15 is 0 Å². The average Bonchev–Trinajstić information content (AvgIpc) is 3.13. The lowest BCUT2D eigenvalue weighted by Crippen LogP contribution is -2.29. The number of carbonyl (C=O) groups is 2. The molecule has 10 heteroatoms. The Morgan fingerprint density at radius 3 is 1.50 bits per heavy atom. The Labute approximate surface area is 319 Å². The zero-order valence-corrected chi connectivity index (χ0v) is 34.4. The first-order valence-corrected chi connectivity index (χ1v) is 22.8. The van der Waals surface area contributed by atoms with Gasteiger partial charge in [0.2, 0.25) is 0 Å². The van der Waals surface area contributed by atoms with E-state index in [1.54, 1.807) is 0 Å². The van der Waals surface area contributed by atoms with Crippen LogP contribution in [0.4, 0.5) is 0 Å². The summed E-state index contributed by atoms with van der Waals surface area (Å²) in [5.74, 6) is -0.831. The van der Waals surface area contributed by atoms with E-state index in [4.69, 9.17) is 24.3 Å². The van der Waals surface area contributed by atoms with Crippen LogP contribution in [-0.4, -0.2) is 49.3 Å². The van der Waals surface area contributed by atoms with Gasteiger partial charge in [-0.3, -0.25) is 18.6 Å². The molecule has 0 aliphatic heterocycles. The molecule has 52 heavy (non-hydrogen) atoms. The van der Waals surface area contributed by atoms with Crippen LogP contribution in [0.1, 0.15) is 200 Å². The summed E-state index contributed by atoms with van der Waals surface area (Å²) in [6.45, 7) is 3.71. The molecule has 0 spiro atoms. The van der Waals surface area contributed by atoms with Crippen molar-refractivity contribution in [2.75, 3.05) is 26.4 Å². The Kier molecular flexibility index (Phi) is 38.1. The van der Waals surface area contributed by atoms with Crippen LogP contribution in [0.5, 0.6) is 0 Å². The summed E-state index contributed by atoms with van der Waals surface area (Å²) in [5, 5.41) is 0. The lowest BCUT2D eigenvalue weighted by molar-refractivity contribution is -0.161. The molecule has 0 saturated carbocycles. The lowest BCUT2D eigenvalue weighted by Gasteiger charge is -2.19. The molecule has 0 aromatic rings. The van der Waals surface area contributed by atoms with E-state index in [-0.39, 0.29) is 38.6 Å². The van der Waals surface area contributed by atoms with Crippen molar-refractivity contribution in [1.29, 1.82) is 0 Å². The Morgan fingerprint density at radius 1 is 0.577 bits per heavy atom. The van der Waals surface area contributed by atoms with Crippen molar-refractivity contribution in [1.82, 2.24) is 0 Å². The molecule has 0 aliphatic rings. The normalized spacial score (nSPS) is 13.5. The standard InChI is InChI=1S/C42H80NO8P/c1-3-5-7-9-11-13-15-17-19-20-21-23-24-26-28-30-32-34-41(44)48-38-40(39-50-52(46,47)49-37-36-43)51-42(45)35-33-31-29-27-25-22-18-16-14-12-10-8-6-4-2/h11,13,17,19,40H,3-10,12,14-16,18,20-39,43H2,1-2H3,(H,46,47)/b13-11+,19-17+/t40-/m1/s1. The summed E-state index contributed by atoms with van der Waals surface area (Å²) >= 11 is 0. The summed E-state index contributed by atoms with van der Waals surface area (Å²) in [7, 11) is -4.37. The third kappa shape index (κ3) is 38.2. The van der Waals surface area contributed by atoms with E-state index < -0.39 is 26.5 Å². The van der Waals surface area contributed by atoms with Gasteiger partial charge >= 0.3 is 19.8 Å². The fourth-order valence-electron chi connectivity index (χ4n) is 5.90. The number of ether oxygens (including phenoxy) is 2. The predicted molar refractivity (Wildman–Crippen MR) is 215 cm³/mol. The van der Waals surface area contributed by atoms with E-state index in [1.165, 1.54) is 116 Å². The van der Waals surface area contributed by atoms with Crippen LogP contribution >= 0.6 is 7.82 Å². The number of allylic oxidation sites excluding steroid dienone is 4. The fraction of sp³-hybridized carbons (Fsp3) is 0.857. The molecule has 0 aliphatic carbocycles. The number of unbranched alkanes of at least 4 members (excludes halogenated alkanes) is 23. The number of phosphoric acid groups is 1. The summed E-state index contributed by atoms with van der Waals surface area (Å²) < 4.78 is 32.7. The number of carbonyl (C=O) groups excluding carboxylic acids is 2. The second-order valence-corrected chi connectivity index (χ2v) is 15.7. The van der Waals surface area contributed by atoms with Crippen molar-refractivity contribution in [2.24, 2.45) is 5.73 Å². The van der Waals surface area contributed by atoms with Crippen molar-refractivity contribution in [3.05, 3.63) is 24.3 Å². The summed E-state index contributed by atoms with van der Waals surface area (Å²) in [5.41, 5.74) is 5.34. The molecular weight excluding hydrogens is 677 g/mol. The van der Waals surface area contributed by atoms with Crippen LogP contribution in [0, 0.1) is 0 Å². The Hall–Kier alpha value is -1.51. The van der Waals surface area contributed by atoms with Crippen molar-refractivity contribution >= 4 is 19.8 Å². The van der Waals surface area contributed by atoms with Crippen molar-refractivity contribution < 1.29 is 37.6 Å². The summed E-state index contributed by atoms with van der Waals surface area (Å²) in [4.78, 5) is 34.8. The molecule has 9 nitrogen and oxygen atoms in total. The van der Waals surface area contributed by atoms with Gasteiger partial charge in [-0.15, -0.1) is 0 Å². The summed E-state index contributed by atoms with van der Waals surface area (Å²) in [6.07, 6.45) is 40.6. The minimum absolute atomic E-state index is 0.0539. The van der Waals surface area contributed by atoms with E-state index in [0.29, 0.717) is 6.42 Å². The monoisotopic (exact) mass is 758 g/mol. The number of esters is 2. The molecule has 0 bridgehead atoms. The van der Waals surface area contributed by atoms with Gasteiger partial charge in [-0.05, 0) is 44.9 Å². The number of phosphoric ester groups is 1. The van der Waals surface area contributed by atoms with E-state index in [2.05, 4.69) is 38.2 Å². The Balaban J connectivity index is 4.15. The van der Waals surface area contributed by atoms with Crippen LogP contribution in [0.25, 0.3) is 0 Å². The van der Waals surface area contributed by atoms with Crippen LogP contribution in [0.15, 0.2) is 24.3 Å². The van der Waals surface area contributed by atoms with Crippen LogP contribution in [-0.2, 0) is 32.7 Å². The van der Waals surface area contributed by atoms with Gasteiger partial charge in [-0.25, -0.2) is 4.57 Å². The molecule has 306 valence electrons. The van der Waals surface area contributed by atoms with E-state index in [0.717, 1.165) is 51.4 Å². The minimum atomic E-state index is -4.37. The minimum Gasteiger partial charge on any atom is -0.462 e. The molecular formula is C42H80NO8P. The second-order valence-electron chi connectivity index (χ2n) is 14.2. The molecule has 1 unspecified atom stereocenters. The van der Waals surface area contributed by atoms with Gasteiger partial charge in [0, 0.05) is 19.4 Å². The number of rotatable bonds is 40. The van der Waals surface area contributed by atoms with E-state index in [9.17, 15) is 19.0 Å². The second kappa shape index (κ2) is 39.2. The van der Waals surface area contributed by atoms with Gasteiger partial charge < -0.3 is 20.1 Å². The maximum Gasteiger partial charge on any atom is 0.472 e. The molecule has 0 heterocycles. The van der Waals surface area contributed by atoms with Crippen molar-refractivity contribution in [3.8, 4) is 0 Å². The maximum absolute atomic E-state index is 12.6. The van der Waals surface area contributed by atoms with Gasteiger partial charge in [0.15, 0.2) is 6.10 Å². The van der Waals surface area contributed by atoms with Gasteiger partial charge in [-0.1, -0.05) is 167 Å². The first-order chi connectivity index (χ1) is 25.3. The molecule has 0 fully saturated rings. The number of hydrogen-bond acceptors (Lipinski definition) is 8. The van der Waals surface area contributed by atoms with Crippen LogP contribution in [0.3, 0.4) is 0 Å². The van der Waals surface area contributed by atoms with Crippen molar-refractivity contribution in [2.45, 2.75) is 206 Å². The van der Waals surface area contributed by atoms with Gasteiger partial charge in [-0.2, -0.15) is 0 Å². The quantitative estimate of drug-likeness (QED) is 0.0271. The molecule has 0 saturated heterocycles. The van der Waals surface area contributed by atoms with Gasteiger partial charge in [0.05, 0.1) is 13.2 Å². The molecule has 0 amide bonds. The van der Waals surface area contributed by atoms with Crippen LogP contribution < -0.4 is 5.73 Å². The molecule has 0 radical (unpaired) electrons. The number of nitrogens with two attached hydrogens (primary N) is 1. The van der Waals surface area contributed by atoms with Crippen molar-refractivity contribution in [3.63, 3.8) is 0 Å².